The van der Waals surface area contributed by atoms with Gasteiger partial charge in [-0.1, -0.05) is 18.2 Å². The fourth-order valence-electron chi connectivity index (χ4n) is 3.06. The van der Waals surface area contributed by atoms with Gasteiger partial charge in [0.25, 0.3) is 5.91 Å². The Labute approximate surface area is 158 Å². The van der Waals surface area contributed by atoms with E-state index in [1.807, 2.05) is 6.92 Å². The van der Waals surface area contributed by atoms with Gasteiger partial charge in [-0.2, -0.15) is 0 Å². The molecular weight excluding hydrogens is 347 g/mol. The summed E-state index contributed by atoms with van der Waals surface area (Å²) in [6, 6.07) is 13.3. The summed E-state index contributed by atoms with van der Waals surface area (Å²) in [6.45, 7) is 3.63. The van der Waals surface area contributed by atoms with Crippen LogP contribution >= 0.6 is 0 Å². The standard InChI is InChI=1S/C21H23FN2O3/c1-15-14-27-13-12-24(15)21(26)17-6-9-18(10-7-17)23-20(25)11-8-16-4-2-3-5-19(16)22/h2-7,9-10,15H,8,11-14H2,1H3,(H,23,25). The van der Waals surface area contributed by atoms with Crippen molar-refractivity contribution in [2.45, 2.75) is 25.8 Å². The second-order valence-corrected chi connectivity index (χ2v) is 6.64. The molecule has 1 fully saturated rings. The van der Waals surface area contributed by atoms with Crippen LogP contribution in [0.4, 0.5) is 10.1 Å². The normalized spacial score (nSPS) is 16.8. The van der Waals surface area contributed by atoms with Crippen LogP contribution in [0, 0.1) is 5.82 Å². The molecule has 3 rings (SSSR count). The molecule has 5 nitrogen and oxygen atoms in total. The summed E-state index contributed by atoms with van der Waals surface area (Å²) in [4.78, 5) is 26.5. The highest BCUT2D eigenvalue weighted by Crippen LogP contribution is 2.16. The second kappa shape index (κ2) is 8.77. The molecule has 1 saturated heterocycles. The number of aryl methyl sites for hydroxylation is 1. The number of ether oxygens (including phenoxy) is 1. The molecule has 27 heavy (non-hydrogen) atoms. The first-order chi connectivity index (χ1) is 13.0. The van der Waals surface area contributed by atoms with Crippen LogP contribution in [0.3, 0.4) is 0 Å². The highest BCUT2D eigenvalue weighted by atomic mass is 19.1. The van der Waals surface area contributed by atoms with Crippen molar-refractivity contribution in [2.24, 2.45) is 0 Å². The lowest BCUT2D eigenvalue weighted by Gasteiger charge is -2.33. The number of benzene rings is 2. The molecule has 1 unspecified atom stereocenters. The van der Waals surface area contributed by atoms with E-state index in [-0.39, 0.29) is 30.1 Å². The van der Waals surface area contributed by atoms with Gasteiger partial charge < -0.3 is 15.0 Å². The summed E-state index contributed by atoms with van der Waals surface area (Å²) in [5.41, 5.74) is 1.71. The van der Waals surface area contributed by atoms with Crippen molar-refractivity contribution < 1.29 is 18.7 Å². The number of anilines is 1. The van der Waals surface area contributed by atoms with E-state index in [2.05, 4.69) is 5.32 Å². The molecule has 2 amide bonds. The summed E-state index contributed by atoms with van der Waals surface area (Å²) in [6.07, 6.45) is 0.525. The molecule has 0 aliphatic carbocycles. The number of hydrogen-bond donors (Lipinski definition) is 1. The fraction of sp³-hybridized carbons (Fsp3) is 0.333. The van der Waals surface area contributed by atoms with Crippen molar-refractivity contribution in [2.75, 3.05) is 25.1 Å². The van der Waals surface area contributed by atoms with Crippen LogP contribution in [-0.2, 0) is 16.0 Å². The average molecular weight is 370 g/mol. The Morgan fingerprint density at radius 1 is 1.19 bits per heavy atom. The number of carbonyl (C=O) groups excluding carboxylic acids is 2. The fourth-order valence-corrected chi connectivity index (χ4v) is 3.06. The topological polar surface area (TPSA) is 58.6 Å². The lowest BCUT2D eigenvalue weighted by Crippen LogP contribution is -2.47. The molecule has 2 aromatic carbocycles. The van der Waals surface area contributed by atoms with E-state index in [0.29, 0.717) is 43.0 Å². The van der Waals surface area contributed by atoms with Gasteiger partial charge in [0, 0.05) is 24.2 Å². The number of amides is 2. The van der Waals surface area contributed by atoms with Crippen LogP contribution in [0.25, 0.3) is 0 Å². The third-order valence-electron chi connectivity index (χ3n) is 4.62. The predicted molar refractivity (Wildman–Crippen MR) is 101 cm³/mol. The Morgan fingerprint density at radius 2 is 1.93 bits per heavy atom. The van der Waals surface area contributed by atoms with Gasteiger partial charge in [0.2, 0.25) is 5.91 Å². The molecule has 1 aliphatic heterocycles. The summed E-state index contributed by atoms with van der Waals surface area (Å²) in [7, 11) is 0. The Morgan fingerprint density at radius 3 is 2.63 bits per heavy atom. The van der Waals surface area contributed by atoms with E-state index in [1.54, 1.807) is 47.4 Å². The third-order valence-corrected chi connectivity index (χ3v) is 4.62. The molecule has 2 aromatic rings. The molecule has 1 atom stereocenters. The molecule has 6 heteroatoms. The number of morpholine rings is 1. The van der Waals surface area contributed by atoms with Crippen LogP contribution < -0.4 is 5.32 Å². The zero-order valence-corrected chi connectivity index (χ0v) is 15.3. The van der Waals surface area contributed by atoms with Crippen molar-refractivity contribution in [3.8, 4) is 0 Å². The van der Waals surface area contributed by atoms with Gasteiger partial charge in [-0.3, -0.25) is 9.59 Å². The van der Waals surface area contributed by atoms with Gasteiger partial charge in [-0.05, 0) is 49.2 Å². The first-order valence-corrected chi connectivity index (χ1v) is 9.06. The maximum absolute atomic E-state index is 13.6. The molecule has 0 spiro atoms. The summed E-state index contributed by atoms with van der Waals surface area (Å²) < 4.78 is 19.0. The lowest BCUT2D eigenvalue weighted by molar-refractivity contribution is -0.116. The summed E-state index contributed by atoms with van der Waals surface area (Å²) >= 11 is 0. The highest BCUT2D eigenvalue weighted by molar-refractivity contribution is 5.96. The maximum Gasteiger partial charge on any atom is 0.254 e. The van der Waals surface area contributed by atoms with Crippen molar-refractivity contribution in [1.29, 1.82) is 0 Å². The Hall–Kier alpha value is -2.73. The first-order valence-electron chi connectivity index (χ1n) is 9.06. The van der Waals surface area contributed by atoms with Crippen LogP contribution in [0.15, 0.2) is 48.5 Å². The number of hydrogen-bond acceptors (Lipinski definition) is 3. The van der Waals surface area contributed by atoms with E-state index >= 15 is 0 Å². The molecule has 1 aliphatic rings. The largest absolute Gasteiger partial charge is 0.377 e. The number of halogens is 1. The molecule has 0 radical (unpaired) electrons. The molecule has 0 saturated carbocycles. The summed E-state index contributed by atoms with van der Waals surface area (Å²) in [5.74, 6) is -0.534. The predicted octanol–water partition coefficient (Wildman–Crippen LogP) is 3.26. The molecule has 1 heterocycles. The zero-order valence-electron chi connectivity index (χ0n) is 15.3. The summed E-state index contributed by atoms with van der Waals surface area (Å²) in [5, 5.41) is 2.78. The van der Waals surface area contributed by atoms with Crippen molar-refractivity contribution >= 4 is 17.5 Å². The van der Waals surface area contributed by atoms with E-state index in [0.717, 1.165) is 0 Å². The number of carbonyl (C=O) groups is 2. The van der Waals surface area contributed by atoms with Crippen LogP contribution in [0.1, 0.15) is 29.3 Å². The molecular formula is C21H23FN2O3. The number of nitrogens with one attached hydrogen (secondary N) is 1. The monoisotopic (exact) mass is 370 g/mol. The van der Waals surface area contributed by atoms with Gasteiger partial charge >= 0.3 is 0 Å². The van der Waals surface area contributed by atoms with Crippen molar-refractivity contribution in [1.82, 2.24) is 4.90 Å². The Balaban J connectivity index is 1.55. The van der Waals surface area contributed by atoms with Gasteiger partial charge in [0.15, 0.2) is 0 Å². The number of nitrogens with zero attached hydrogens (tertiary/aromatic N) is 1. The van der Waals surface area contributed by atoms with E-state index in [1.165, 1.54) is 6.07 Å². The molecule has 0 aromatic heterocycles. The Bertz CT molecular complexity index is 807. The van der Waals surface area contributed by atoms with E-state index in [9.17, 15) is 14.0 Å². The van der Waals surface area contributed by atoms with Crippen molar-refractivity contribution in [3.63, 3.8) is 0 Å². The third kappa shape index (κ3) is 4.92. The SMILES string of the molecule is CC1COCCN1C(=O)c1ccc(NC(=O)CCc2ccccc2F)cc1. The molecule has 0 bridgehead atoms. The maximum atomic E-state index is 13.6. The van der Waals surface area contributed by atoms with E-state index < -0.39 is 0 Å². The van der Waals surface area contributed by atoms with Crippen LogP contribution in [-0.4, -0.2) is 42.5 Å². The highest BCUT2D eigenvalue weighted by Gasteiger charge is 2.24. The van der Waals surface area contributed by atoms with Gasteiger partial charge in [-0.25, -0.2) is 4.39 Å². The zero-order chi connectivity index (χ0) is 19.2. The van der Waals surface area contributed by atoms with Gasteiger partial charge in [0.1, 0.15) is 5.82 Å². The quantitative estimate of drug-likeness (QED) is 0.879. The Kier molecular flexibility index (Phi) is 6.19. The average Bonchev–Trinajstić information content (AvgIpc) is 2.68. The number of rotatable bonds is 5. The minimum absolute atomic E-state index is 0.0387. The molecule has 142 valence electrons. The minimum atomic E-state index is -0.300. The molecule has 1 N–H and O–H groups in total. The van der Waals surface area contributed by atoms with Crippen LogP contribution in [0.5, 0.6) is 0 Å². The van der Waals surface area contributed by atoms with Crippen LogP contribution in [0.2, 0.25) is 0 Å². The first kappa shape index (κ1) is 19.0. The second-order valence-electron chi connectivity index (χ2n) is 6.64. The van der Waals surface area contributed by atoms with Crippen molar-refractivity contribution in [3.05, 3.63) is 65.5 Å². The van der Waals surface area contributed by atoms with Gasteiger partial charge in [0.05, 0.1) is 19.3 Å². The van der Waals surface area contributed by atoms with E-state index in [4.69, 9.17) is 4.74 Å². The lowest BCUT2D eigenvalue weighted by atomic mass is 10.1. The smallest absolute Gasteiger partial charge is 0.254 e. The van der Waals surface area contributed by atoms with Gasteiger partial charge in [-0.15, -0.1) is 0 Å². The minimum Gasteiger partial charge on any atom is -0.377 e.